The summed E-state index contributed by atoms with van der Waals surface area (Å²) in [6.07, 6.45) is 2.14. The Morgan fingerprint density at radius 1 is 1.59 bits per heavy atom. The van der Waals surface area contributed by atoms with Crippen molar-refractivity contribution in [2.45, 2.75) is 6.42 Å². The van der Waals surface area contributed by atoms with Gasteiger partial charge in [0, 0.05) is 15.1 Å². The molecule has 0 saturated heterocycles. The maximum Gasteiger partial charge on any atom is 0.252 e. The summed E-state index contributed by atoms with van der Waals surface area (Å²) in [5.41, 5.74) is 0.600. The molecule has 0 radical (unpaired) electrons. The minimum atomic E-state index is -0.115. The Bertz CT molecular complexity index is 409. The van der Waals surface area contributed by atoms with Crippen molar-refractivity contribution in [3.8, 4) is 0 Å². The van der Waals surface area contributed by atoms with Gasteiger partial charge in [-0.05, 0) is 47.2 Å². The summed E-state index contributed by atoms with van der Waals surface area (Å²) in [5, 5.41) is 3.37. The highest BCUT2D eigenvalue weighted by molar-refractivity contribution is 14.1. The lowest BCUT2D eigenvalue weighted by atomic mass is 10.2. The van der Waals surface area contributed by atoms with E-state index in [4.69, 9.17) is 16.3 Å². The molecule has 0 saturated carbocycles. The molecule has 1 N–H and O–H groups in total. The fourth-order valence-corrected chi connectivity index (χ4v) is 1.96. The van der Waals surface area contributed by atoms with Gasteiger partial charge in [0.2, 0.25) is 0 Å². The number of amides is 1. The van der Waals surface area contributed by atoms with E-state index >= 15 is 0 Å². The third-order valence-corrected chi connectivity index (χ3v) is 3.19. The van der Waals surface area contributed by atoms with E-state index in [0.717, 1.165) is 9.99 Å². The van der Waals surface area contributed by atoms with E-state index in [1.165, 1.54) is 6.26 Å². The third kappa shape index (κ3) is 4.95. The van der Waals surface area contributed by atoms with Crippen LogP contribution in [0, 0.1) is 3.57 Å². The van der Waals surface area contributed by atoms with Crippen LogP contribution >= 0.6 is 34.2 Å². The molecule has 0 atom stereocenters. The zero-order valence-electron chi connectivity index (χ0n) is 9.21. The molecule has 1 rings (SSSR count). The lowest BCUT2D eigenvalue weighted by Crippen LogP contribution is -2.25. The Morgan fingerprint density at radius 2 is 2.35 bits per heavy atom. The molecule has 5 heteroatoms. The molecular weight excluding hydrogens is 352 g/mol. The first-order valence-electron chi connectivity index (χ1n) is 5.11. The topological polar surface area (TPSA) is 38.3 Å². The highest BCUT2D eigenvalue weighted by Gasteiger charge is 2.09. The van der Waals surface area contributed by atoms with Gasteiger partial charge in [-0.1, -0.05) is 18.2 Å². The van der Waals surface area contributed by atoms with Crippen molar-refractivity contribution >= 4 is 40.1 Å². The summed E-state index contributed by atoms with van der Waals surface area (Å²) < 4.78 is 5.84. The molecule has 0 spiro atoms. The van der Waals surface area contributed by atoms with E-state index in [1.807, 2.05) is 6.07 Å². The van der Waals surface area contributed by atoms with E-state index in [-0.39, 0.29) is 5.91 Å². The molecule has 0 aliphatic rings. The number of carbonyl (C=O) groups is 1. The number of halogens is 2. The highest BCUT2D eigenvalue weighted by atomic mass is 127. The third-order valence-electron chi connectivity index (χ3n) is 2.02. The average molecular weight is 366 g/mol. The van der Waals surface area contributed by atoms with Crippen LogP contribution in [0.4, 0.5) is 0 Å². The van der Waals surface area contributed by atoms with Crippen LogP contribution in [0.2, 0.25) is 5.02 Å². The van der Waals surface area contributed by atoms with Gasteiger partial charge in [0.25, 0.3) is 5.91 Å². The average Bonchev–Trinajstić information content (AvgIpc) is 2.32. The minimum Gasteiger partial charge on any atom is -0.502 e. The first kappa shape index (κ1) is 14.3. The predicted molar refractivity (Wildman–Crippen MR) is 77.3 cm³/mol. The summed E-state index contributed by atoms with van der Waals surface area (Å²) >= 11 is 7.96. The van der Waals surface area contributed by atoms with Crippen LogP contribution in [-0.2, 0) is 4.74 Å². The van der Waals surface area contributed by atoms with Crippen molar-refractivity contribution in [2.24, 2.45) is 0 Å². The number of carbonyl (C=O) groups excluding carboxylic acids is 1. The lowest BCUT2D eigenvalue weighted by molar-refractivity contribution is 0.0949. The Hall–Kier alpha value is -0.750. The van der Waals surface area contributed by atoms with E-state index in [1.54, 1.807) is 12.1 Å². The minimum absolute atomic E-state index is 0.115. The van der Waals surface area contributed by atoms with Gasteiger partial charge in [0.15, 0.2) is 0 Å². The van der Waals surface area contributed by atoms with Gasteiger partial charge in [-0.15, -0.1) is 0 Å². The normalized spacial score (nSPS) is 9.76. The summed E-state index contributed by atoms with van der Waals surface area (Å²) in [6, 6.07) is 5.25. The van der Waals surface area contributed by atoms with Crippen molar-refractivity contribution in [1.29, 1.82) is 0 Å². The van der Waals surface area contributed by atoms with E-state index in [2.05, 4.69) is 34.5 Å². The van der Waals surface area contributed by atoms with Crippen molar-refractivity contribution in [2.75, 3.05) is 13.2 Å². The molecule has 92 valence electrons. The quantitative estimate of drug-likeness (QED) is 0.477. The van der Waals surface area contributed by atoms with Crippen LogP contribution in [0.25, 0.3) is 0 Å². The molecule has 0 aliphatic heterocycles. The monoisotopic (exact) mass is 365 g/mol. The van der Waals surface area contributed by atoms with Crippen LogP contribution < -0.4 is 5.32 Å². The molecule has 0 aliphatic carbocycles. The molecule has 17 heavy (non-hydrogen) atoms. The maximum atomic E-state index is 11.8. The Kier molecular flexibility index (Phi) is 6.36. The second kappa shape index (κ2) is 7.55. The van der Waals surface area contributed by atoms with Gasteiger partial charge in [-0.25, -0.2) is 0 Å². The second-order valence-electron chi connectivity index (χ2n) is 3.27. The number of rotatable bonds is 6. The van der Waals surface area contributed by atoms with Gasteiger partial charge in [0.1, 0.15) is 0 Å². The van der Waals surface area contributed by atoms with Gasteiger partial charge >= 0.3 is 0 Å². The summed E-state index contributed by atoms with van der Waals surface area (Å²) in [5.74, 6) is -0.115. The second-order valence-corrected chi connectivity index (χ2v) is 4.87. The van der Waals surface area contributed by atoms with Crippen molar-refractivity contribution < 1.29 is 9.53 Å². The summed E-state index contributed by atoms with van der Waals surface area (Å²) in [4.78, 5) is 11.8. The molecule has 1 aromatic carbocycles. The molecule has 0 heterocycles. The van der Waals surface area contributed by atoms with Gasteiger partial charge < -0.3 is 10.1 Å². The molecule has 3 nitrogen and oxygen atoms in total. The van der Waals surface area contributed by atoms with Gasteiger partial charge in [-0.3, -0.25) is 4.79 Å². The van der Waals surface area contributed by atoms with Crippen LogP contribution in [-0.4, -0.2) is 19.1 Å². The van der Waals surface area contributed by atoms with E-state index < -0.39 is 0 Å². The number of hydrogen-bond donors (Lipinski definition) is 1. The van der Waals surface area contributed by atoms with Gasteiger partial charge in [-0.2, -0.15) is 0 Å². The SMILES string of the molecule is C=COCCCNC(=O)c1cc(Cl)ccc1I. The Morgan fingerprint density at radius 3 is 3.06 bits per heavy atom. The zero-order chi connectivity index (χ0) is 12.7. The molecule has 0 fully saturated rings. The molecule has 1 aromatic rings. The summed E-state index contributed by atoms with van der Waals surface area (Å²) in [7, 11) is 0. The smallest absolute Gasteiger partial charge is 0.252 e. The van der Waals surface area contributed by atoms with Crippen LogP contribution in [0.15, 0.2) is 31.0 Å². The van der Waals surface area contributed by atoms with Crippen molar-refractivity contribution in [3.63, 3.8) is 0 Å². The Balaban J connectivity index is 2.46. The standard InChI is InChI=1S/C12H13ClINO2/c1-2-17-7-3-6-15-12(16)10-8-9(13)4-5-11(10)14/h2,4-5,8H,1,3,6-7H2,(H,15,16). The van der Waals surface area contributed by atoms with Crippen molar-refractivity contribution in [3.05, 3.63) is 45.2 Å². The van der Waals surface area contributed by atoms with E-state index in [0.29, 0.717) is 23.7 Å². The highest BCUT2D eigenvalue weighted by Crippen LogP contribution is 2.17. The fraction of sp³-hybridized carbons (Fsp3) is 0.250. The van der Waals surface area contributed by atoms with Gasteiger partial charge in [0.05, 0.1) is 18.4 Å². The number of ether oxygens (including phenoxy) is 1. The largest absolute Gasteiger partial charge is 0.502 e. The first-order valence-corrected chi connectivity index (χ1v) is 6.56. The molecular formula is C12H13ClINO2. The zero-order valence-corrected chi connectivity index (χ0v) is 12.1. The number of hydrogen-bond acceptors (Lipinski definition) is 2. The first-order chi connectivity index (χ1) is 8.15. The van der Waals surface area contributed by atoms with E-state index in [9.17, 15) is 4.79 Å². The number of benzene rings is 1. The Labute approximate surface area is 119 Å². The predicted octanol–water partition coefficient (Wildman–Crippen LogP) is 3.22. The molecule has 1 amide bonds. The number of nitrogens with one attached hydrogen (secondary N) is 1. The molecule has 0 unspecified atom stereocenters. The maximum absolute atomic E-state index is 11.8. The molecule has 0 aromatic heterocycles. The van der Waals surface area contributed by atoms with Crippen LogP contribution in [0.3, 0.4) is 0 Å². The van der Waals surface area contributed by atoms with Crippen LogP contribution in [0.1, 0.15) is 16.8 Å². The lowest BCUT2D eigenvalue weighted by Gasteiger charge is -2.07. The molecule has 0 bridgehead atoms. The fourth-order valence-electron chi connectivity index (χ4n) is 1.21. The van der Waals surface area contributed by atoms with Crippen molar-refractivity contribution in [1.82, 2.24) is 5.32 Å². The van der Waals surface area contributed by atoms with Crippen LogP contribution in [0.5, 0.6) is 0 Å². The summed E-state index contributed by atoms with van der Waals surface area (Å²) in [6.45, 7) is 4.55.